The molecule has 0 unspecified atom stereocenters. The molecule has 0 aliphatic carbocycles. The molecule has 3 N–H and O–H groups in total. The number of amides is 1. The standard InChI is InChI=1S/C14H10Cl2N2O3/c15-12-2-1-8(3-13(12)16)7-17-18-14(21)9-4-10(19)6-11(20)5-9/h1-7,19-20H,(H,18,21)/b17-7+. The number of hydrogen-bond acceptors (Lipinski definition) is 4. The second-order valence-electron chi connectivity index (χ2n) is 4.11. The van der Waals surface area contributed by atoms with Crippen LogP contribution in [0.5, 0.6) is 11.5 Å². The number of hydrogen-bond donors (Lipinski definition) is 3. The zero-order valence-corrected chi connectivity index (χ0v) is 12.1. The van der Waals surface area contributed by atoms with E-state index in [4.69, 9.17) is 23.2 Å². The maximum Gasteiger partial charge on any atom is 0.271 e. The second kappa shape index (κ2) is 6.47. The summed E-state index contributed by atoms with van der Waals surface area (Å²) in [6.07, 6.45) is 1.39. The Kier molecular flexibility index (Phi) is 4.67. The third-order valence-corrected chi connectivity index (χ3v) is 3.23. The summed E-state index contributed by atoms with van der Waals surface area (Å²) < 4.78 is 0. The Morgan fingerprint density at radius 1 is 1.05 bits per heavy atom. The van der Waals surface area contributed by atoms with Gasteiger partial charge in [-0.05, 0) is 29.8 Å². The van der Waals surface area contributed by atoms with Gasteiger partial charge >= 0.3 is 0 Å². The van der Waals surface area contributed by atoms with Crippen LogP contribution in [0.1, 0.15) is 15.9 Å². The molecule has 7 heteroatoms. The van der Waals surface area contributed by atoms with Crippen LogP contribution < -0.4 is 5.43 Å². The Morgan fingerprint density at radius 2 is 1.71 bits per heavy atom. The van der Waals surface area contributed by atoms with Crippen LogP contribution in [0.25, 0.3) is 0 Å². The molecule has 0 heterocycles. The minimum atomic E-state index is -0.572. The van der Waals surface area contributed by atoms with Gasteiger partial charge in [-0.15, -0.1) is 0 Å². The molecule has 0 spiro atoms. The Morgan fingerprint density at radius 3 is 2.33 bits per heavy atom. The van der Waals surface area contributed by atoms with Crippen molar-refractivity contribution in [2.24, 2.45) is 5.10 Å². The van der Waals surface area contributed by atoms with Crippen molar-refractivity contribution >= 4 is 35.3 Å². The Bertz CT molecular complexity index is 697. The molecule has 2 rings (SSSR count). The van der Waals surface area contributed by atoms with Crippen LogP contribution in [0.4, 0.5) is 0 Å². The monoisotopic (exact) mass is 324 g/mol. The van der Waals surface area contributed by atoms with Crippen LogP contribution in [-0.4, -0.2) is 22.3 Å². The summed E-state index contributed by atoms with van der Waals surface area (Å²) in [5.41, 5.74) is 3.01. The van der Waals surface area contributed by atoms with Crippen LogP contribution in [-0.2, 0) is 0 Å². The number of benzene rings is 2. The zero-order chi connectivity index (χ0) is 15.4. The van der Waals surface area contributed by atoms with E-state index in [1.807, 2.05) is 0 Å². The van der Waals surface area contributed by atoms with Gasteiger partial charge in [0.1, 0.15) is 11.5 Å². The Labute approximate surface area is 130 Å². The smallest absolute Gasteiger partial charge is 0.271 e. The van der Waals surface area contributed by atoms with E-state index in [-0.39, 0.29) is 17.1 Å². The molecule has 2 aromatic rings. The second-order valence-corrected chi connectivity index (χ2v) is 4.93. The number of nitrogens with zero attached hydrogens (tertiary/aromatic N) is 1. The fourth-order valence-corrected chi connectivity index (χ4v) is 1.86. The maximum absolute atomic E-state index is 11.8. The Hall–Kier alpha value is -2.24. The number of carbonyl (C=O) groups is 1. The molecule has 108 valence electrons. The lowest BCUT2D eigenvalue weighted by atomic mass is 10.2. The molecule has 0 bridgehead atoms. The van der Waals surface area contributed by atoms with Gasteiger partial charge in [0.15, 0.2) is 0 Å². The molecule has 0 radical (unpaired) electrons. The highest BCUT2D eigenvalue weighted by Crippen LogP contribution is 2.22. The predicted molar refractivity (Wildman–Crippen MR) is 81.3 cm³/mol. The molecule has 0 saturated heterocycles. The molecule has 5 nitrogen and oxygen atoms in total. The van der Waals surface area contributed by atoms with Crippen LogP contribution in [0.15, 0.2) is 41.5 Å². The first-order valence-electron chi connectivity index (χ1n) is 5.77. The summed E-state index contributed by atoms with van der Waals surface area (Å²) in [5.74, 6) is -1.00. The van der Waals surface area contributed by atoms with Gasteiger partial charge in [-0.1, -0.05) is 29.3 Å². The molecule has 0 atom stereocenters. The minimum absolute atomic E-state index is 0.0822. The number of carbonyl (C=O) groups excluding carboxylic acids is 1. The maximum atomic E-state index is 11.8. The molecular formula is C14H10Cl2N2O3. The van der Waals surface area contributed by atoms with Gasteiger partial charge in [0.25, 0.3) is 5.91 Å². The highest BCUT2D eigenvalue weighted by molar-refractivity contribution is 6.42. The largest absolute Gasteiger partial charge is 0.508 e. The van der Waals surface area contributed by atoms with Crippen molar-refractivity contribution in [2.75, 3.05) is 0 Å². The highest BCUT2D eigenvalue weighted by atomic mass is 35.5. The van der Waals surface area contributed by atoms with Crippen molar-refractivity contribution in [2.45, 2.75) is 0 Å². The van der Waals surface area contributed by atoms with E-state index >= 15 is 0 Å². The quantitative estimate of drug-likeness (QED) is 0.599. The normalized spacial score (nSPS) is 10.8. The summed E-state index contributed by atoms with van der Waals surface area (Å²) in [5, 5.41) is 23.2. The highest BCUT2D eigenvalue weighted by Gasteiger charge is 2.07. The molecular weight excluding hydrogens is 315 g/mol. The lowest BCUT2D eigenvalue weighted by Gasteiger charge is -2.02. The van der Waals surface area contributed by atoms with E-state index in [0.29, 0.717) is 15.6 Å². The molecule has 21 heavy (non-hydrogen) atoms. The number of rotatable bonds is 3. The van der Waals surface area contributed by atoms with Gasteiger partial charge in [-0.2, -0.15) is 5.10 Å². The van der Waals surface area contributed by atoms with Crippen molar-refractivity contribution in [3.8, 4) is 11.5 Å². The molecule has 1 amide bonds. The summed E-state index contributed by atoms with van der Waals surface area (Å²) in [6.45, 7) is 0. The fraction of sp³-hybridized carbons (Fsp3) is 0. The summed E-state index contributed by atoms with van der Waals surface area (Å²) in [7, 11) is 0. The van der Waals surface area contributed by atoms with Crippen molar-refractivity contribution in [1.29, 1.82) is 0 Å². The Balaban J connectivity index is 2.06. The van der Waals surface area contributed by atoms with Crippen molar-refractivity contribution < 1.29 is 15.0 Å². The topological polar surface area (TPSA) is 81.9 Å². The molecule has 0 aliphatic heterocycles. The van der Waals surface area contributed by atoms with Crippen LogP contribution in [0.3, 0.4) is 0 Å². The van der Waals surface area contributed by atoms with Crippen molar-refractivity contribution in [1.82, 2.24) is 5.43 Å². The first-order valence-corrected chi connectivity index (χ1v) is 6.53. The average molecular weight is 325 g/mol. The number of hydrazone groups is 1. The fourth-order valence-electron chi connectivity index (χ4n) is 1.55. The van der Waals surface area contributed by atoms with E-state index in [1.165, 1.54) is 18.3 Å². The van der Waals surface area contributed by atoms with E-state index in [2.05, 4.69) is 10.5 Å². The first-order chi connectivity index (χ1) is 9.95. The van der Waals surface area contributed by atoms with Gasteiger partial charge < -0.3 is 10.2 Å². The molecule has 0 fully saturated rings. The van der Waals surface area contributed by atoms with Crippen LogP contribution in [0, 0.1) is 0 Å². The minimum Gasteiger partial charge on any atom is -0.508 e. The lowest BCUT2D eigenvalue weighted by Crippen LogP contribution is -2.17. The summed E-state index contributed by atoms with van der Waals surface area (Å²) >= 11 is 11.6. The molecule has 2 aromatic carbocycles. The summed E-state index contributed by atoms with van der Waals surface area (Å²) in [6, 6.07) is 8.44. The number of phenolic OH excluding ortho intramolecular Hbond substituents is 2. The SMILES string of the molecule is O=C(N/N=C/c1ccc(Cl)c(Cl)c1)c1cc(O)cc(O)c1. The molecule has 0 aliphatic rings. The van der Waals surface area contributed by atoms with E-state index in [1.54, 1.807) is 18.2 Å². The third-order valence-electron chi connectivity index (χ3n) is 2.49. The zero-order valence-electron chi connectivity index (χ0n) is 10.5. The van der Waals surface area contributed by atoms with Gasteiger partial charge in [-0.3, -0.25) is 4.79 Å². The predicted octanol–water partition coefficient (Wildman–Crippen LogP) is 3.17. The number of phenols is 2. The van der Waals surface area contributed by atoms with Crippen molar-refractivity contribution in [3.05, 3.63) is 57.6 Å². The van der Waals surface area contributed by atoms with Gasteiger partial charge in [0.05, 0.1) is 16.3 Å². The van der Waals surface area contributed by atoms with Crippen LogP contribution in [0.2, 0.25) is 10.0 Å². The number of nitrogens with one attached hydrogen (secondary N) is 1. The molecule has 0 saturated carbocycles. The van der Waals surface area contributed by atoms with Gasteiger partial charge in [0, 0.05) is 11.6 Å². The van der Waals surface area contributed by atoms with Crippen LogP contribution >= 0.6 is 23.2 Å². The van der Waals surface area contributed by atoms with Gasteiger partial charge in [0.2, 0.25) is 0 Å². The van der Waals surface area contributed by atoms with E-state index in [0.717, 1.165) is 6.07 Å². The first kappa shape index (κ1) is 15.2. The van der Waals surface area contributed by atoms with Crippen molar-refractivity contribution in [3.63, 3.8) is 0 Å². The lowest BCUT2D eigenvalue weighted by molar-refractivity contribution is 0.0954. The third kappa shape index (κ3) is 4.11. The number of halogens is 2. The van der Waals surface area contributed by atoms with E-state index in [9.17, 15) is 15.0 Å². The number of aromatic hydroxyl groups is 2. The van der Waals surface area contributed by atoms with E-state index < -0.39 is 5.91 Å². The van der Waals surface area contributed by atoms with Gasteiger partial charge in [-0.25, -0.2) is 5.43 Å². The summed E-state index contributed by atoms with van der Waals surface area (Å²) in [4.78, 5) is 11.8. The average Bonchev–Trinajstić information content (AvgIpc) is 2.41. The molecule has 0 aromatic heterocycles.